The van der Waals surface area contributed by atoms with Gasteiger partial charge < -0.3 is 24.8 Å². The van der Waals surface area contributed by atoms with Crippen LogP contribution in [0.4, 0.5) is 23.8 Å². The van der Waals surface area contributed by atoms with Crippen molar-refractivity contribution in [2.45, 2.75) is 31.1 Å². The van der Waals surface area contributed by atoms with Gasteiger partial charge in [-0.15, -0.1) is 11.3 Å². The average molecular weight is 509 g/mol. The van der Waals surface area contributed by atoms with E-state index < -0.39 is 23.7 Å². The van der Waals surface area contributed by atoms with Crippen LogP contribution in [-0.2, 0) is 6.18 Å². The summed E-state index contributed by atoms with van der Waals surface area (Å²) in [5.74, 6) is -0.268. The minimum atomic E-state index is -4.59. The summed E-state index contributed by atoms with van der Waals surface area (Å²) in [4.78, 5) is 35.7. The molecule has 3 aromatic rings. The van der Waals surface area contributed by atoms with Crippen molar-refractivity contribution in [1.29, 1.82) is 0 Å². The zero-order valence-electron chi connectivity index (χ0n) is 18.7. The van der Waals surface area contributed by atoms with E-state index in [-0.39, 0.29) is 39.6 Å². The number of amides is 2. The van der Waals surface area contributed by atoms with Gasteiger partial charge in [-0.3, -0.25) is 4.79 Å². The molecule has 35 heavy (non-hydrogen) atoms. The van der Waals surface area contributed by atoms with Gasteiger partial charge in [0.15, 0.2) is 0 Å². The summed E-state index contributed by atoms with van der Waals surface area (Å²) in [5, 5.41) is 13.4. The quantitative estimate of drug-likeness (QED) is 0.557. The number of anilines is 1. The number of nitrogens with zero attached hydrogens (tertiary/aromatic N) is 5. The smallest absolute Gasteiger partial charge is 0.417 e. The maximum Gasteiger partial charge on any atom is 0.417 e. The van der Waals surface area contributed by atoms with Crippen molar-refractivity contribution in [3.8, 4) is 0 Å². The van der Waals surface area contributed by atoms with E-state index in [1.807, 2.05) is 10.8 Å². The van der Waals surface area contributed by atoms with Gasteiger partial charge in [-0.2, -0.15) is 13.2 Å². The molecular weight excluding hydrogens is 485 g/mol. The number of carboxylic acid groups (broad SMARTS) is 1. The molecule has 0 spiro atoms. The highest BCUT2D eigenvalue weighted by Crippen LogP contribution is 2.42. The van der Waals surface area contributed by atoms with E-state index in [4.69, 9.17) is 0 Å². The first-order valence-electron chi connectivity index (χ1n) is 11.1. The van der Waals surface area contributed by atoms with Crippen LogP contribution < -0.4 is 10.2 Å². The first-order valence-corrected chi connectivity index (χ1v) is 12.0. The lowest BCUT2D eigenvalue weighted by Gasteiger charge is -2.52. The van der Waals surface area contributed by atoms with Crippen LogP contribution in [0.5, 0.6) is 0 Å². The van der Waals surface area contributed by atoms with Crippen molar-refractivity contribution in [3.05, 3.63) is 41.3 Å². The molecular formula is C22H23F3N6O3S. The van der Waals surface area contributed by atoms with Gasteiger partial charge in [0.05, 0.1) is 39.8 Å². The standard InChI is InChI=1S/C22H23F3N6O3S/c1-26-20(32)13-10-35-19-14(22(23,24)25)8-16(28-17(13)19)29-5-2-12(3-6-29)18-15(9-31(18)21(33)34)30-7-4-27-11-30/h4,7-8,10-12,15,18H,2-3,5-6,9H2,1H3,(H,26,32)(H,33,34). The Morgan fingerprint density at radius 1 is 1.26 bits per heavy atom. The van der Waals surface area contributed by atoms with Crippen molar-refractivity contribution in [1.82, 2.24) is 24.8 Å². The molecule has 2 aliphatic rings. The monoisotopic (exact) mass is 508 g/mol. The highest BCUT2D eigenvalue weighted by molar-refractivity contribution is 7.17. The maximum absolute atomic E-state index is 13.9. The molecule has 2 saturated heterocycles. The molecule has 5 heterocycles. The molecule has 0 bridgehead atoms. The molecule has 13 heteroatoms. The summed E-state index contributed by atoms with van der Waals surface area (Å²) in [6.07, 6.45) is 0.781. The van der Waals surface area contributed by atoms with Crippen LogP contribution in [0.2, 0.25) is 0 Å². The molecule has 2 N–H and O–H groups in total. The third-order valence-electron chi connectivity index (χ3n) is 6.92. The Morgan fingerprint density at radius 2 is 2.00 bits per heavy atom. The van der Waals surface area contributed by atoms with Gasteiger partial charge in [-0.05, 0) is 24.8 Å². The highest BCUT2D eigenvalue weighted by atomic mass is 32.1. The Balaban J connectivity index is 1.40. The van der Waals surface area contributed by atoms with Gasteiger partial charge >= 0.3 is 12.3 Å². The summed E-state index contributed by atoms with van der Waals surface area (Å²) in [5.41, 5.74) is -0.655. The number of thiophene rings is 1. The molecule has 0 aliphatic carbocycles. The number of carbonyl (C=O) groups excluding carboxylic acids is 1. The van der Waals surface area contributed by atoms with Crippen LogP contribution in [0.15, 0.2) is 30.2 Å². The number of fused-ring (bicyclic) bond motifs is 1. The Bertz CT molecular complexity index is 1250. The topological polar surface area (TPSA) is 104 Å². The summed E-state index contributed by atoms with van der Waals surface area (Å²) >= 11 is 0.853. The number of alkyl halides is 3. The predicted octanol–water partition coefficient (Wildman–Crippen LogP) is 3.69. The molecule has 2 aliphatic heterocycles. The minimum Gasteiger partial charge on any atom is -0.465 e. The second kappa shape index (κ2) is 8.70. The molecule has 2 unspecified atom stereocenters. The van der Waals surface area contributed by atoms with E-state index >= 15 is 0 Å². The van der Waals surface area contributed by atoms with E-state index in [9.17, 15) is 27.9 Å². The van der Waals surface area contributed by atoms with Crippen molar-refractivity contribution in [3.63, 3.8) is 0 Å². The van der Waals surface area contributed by atoms with Crippen molar-refractivity contribution in [2.24, 2.45) is 5.92 Å². The van der Waals surface area contributed by atoms with Crippen LogP contribution >= 0.6 is 11.3 Å². The Morgan fingerprint density at radius 3 is 2.60 bits per heavy atom. The fourth-order valence-corrected chi connectivity index (χ4v) is 6.17. The van der Waals surface area contributed by atoms with Gasteiger partial charge in [-0.25, -0.2) is 14.8 Å². The van der Waals surface area contributed by atoms with E-state index in [0.29, 0.717) is 32.5 Å². The molecule has 2 amide bonds. The van der Waals surface area contributed by atoms with E-state index in [1.54, 1.807) is 17.4 Å². The molecule has 3 aromatic heterocycles. The molecule has 186 valence electrons. The number of imidazole rings is 1. The van der Waals surface area contributed by atoms with Crippen molar-refractivity contribution < 1.29 is 27.9 Å². The maximum atomic E-state index is 13.9. The first-order chi connectivity index (χ1) is 16.7. The Kier molecular flexibility index (Phi) is 5.82. The van der Waals surface area contributed by atoms with Crippen LogP contribution in [0, 0.1) is 5.92 Å². The minimum absolute atomic E-state index is 0.0163. The number of nitrogens with one attached hydrogen (secondary N) is 1. The molecule has 0 radical (unpaired) electrons. The lowest BCUT2D eigenvalue weighted by Crippen LogP contribution is -2.62. The van der Waals surface area contributed by atoms with E-state index in [2.05, 4.69) is 15.3 Å². The summed E-state index contributed by atoms with van der Waals surface area (Å²) in [7, 11) is 1.42. The molecule has 5 rings (SSSR count). The Labute approximate surface area is 202 Å². The van der Waals surface area contributed by atoms with Gasteiger partial charge in [0.2, 0.25) is 0 Å². The third-order valence-corrected chi connectivity index (χ3v) is 7.93. The van der Waals surface area contributed by atoms with E-state index in [0.717, 1.165) is 17.4 Å². The van der Waals surface area contributed by atoms with Crippen LogP contribution in [0.25, 0.3) is 10.2 Å². The molecule has 2 atom stereocenters. The first kappa shape index (κ1) is 23.4. The number of pyridine rings is 1. The van der Waals surface area contributed by atoms with E-state index in [1.165, 1.54) is 17.3 Å². The highest BCUT2D eigenvalue weighted by Gasteiger charge is 2.48. The number of halogens is 3. The lowest BCUT2D eigenvalue weighted by molar-refractivity contribution is -0.136. The number of carbonyl (C=O) groups is 2. The largest absolute Gasteiger partial charge is 0.465 e. The zero-order valence-corrected chi connectivity index (χ0v) is 19.5. The normalized spacial score (nSPS) is 21.3. The van der Waals surface area contributed by atoms with Crippen molar-refractivity contribution >= 4 is 39.4 Å². The summed E-state index contributed by atoms with van der Waals surface area (Å²) < 4.78 is 43.4. The van der Waals surface area contributed by atoms with Crippen LogP contribution in [0.3, 0.4) is 0 Å². The Hall–Kier alpha value is -3.35. The summed E-state index contributed by atoms with van der Waals surface area (Å²) in [6, 6.07) is 0.813. The second-order valence-electron chi connectivity index (χ2n) is 8.76. The number of aromatic nitrogens is 3. The number of hydrogen-bond acceptors (Lipinski definition) is 6. The van der Waals surface area contributed by atoms with Crippen molar-refractivity contribution in [2.75, 3.05) is 31.6 Å². The van der Waals surface area contributed by atoms with Gasteiger partial charge in [0.25, 0.3) is 5.91 Å². The predicted molar refractivity (Wildman–Crippen MR) is 123 cm³/mol. The second-order valence-corrected chi connectivity index (χ2v) is 9.64. The van der Waals surface area contributed by atoms with Gasteiger partial charge in [0, 0.05) is 44.5 Å². The number of likely N-dealkylation sites (tertiary alicyclic amines) is 1. The number of hydrogen-bond donors (Lipinski definition) is 2. The summed E-state index contributed by atoms with van der Waals surface area (Å²) in [6.45, 7) is 1.24. The lowest BCUT2D eigenvalue weighted by atomic mass is 9.79. The SMILES string of the molecule is CNC(=O)c1csc2c(C(F)(F)F)cc(N3CCC(C4C(n5ccnc5)CN4C(=O)O)CC3)nc12. The third kappa shape index (κ3) is 4.07. The van der Waals surface area contributed by atoms with Gasteiger partial charge in [0.1, 0.15) is 5.82 Å². The van der Waals surface area contributed by atoms with Crippen LogP contribution in [0.1, 0.15) is 34.8 Å². The molecule has 9 nitrogen and oxygen atoms in total. The number of piperidine rings is 1. The molecule has 2 fully saturated rings. The average Bonchev–Trinajstić information content (AvgIpc) is 3.47. The zero-order chi connectivity index (χ0) is 24.9. The molecule has 0 aromatic carbocycles. The fraction of sp³-hybridized carbons (Fsp3) is 0.455. The fourth-order valence-electron chi connectivity index (χ4n) is 5.15. The molecule has 0 saturated carbocycles. The number of rotatable bonds is 4. The van der Waals surface area contributed by atoms with Gasteiger partial charge in [-0.1, -0.05) is 0 Å². The van der Waals surface area contributed by atoms with Crippen LogP contribution in [-0.4, -0.2) is 69.3 Å².